The summed E-state index contributed by atoms with van der Waals surface area (Å²) in [6.45, 7) is 4.58. The van der Waals surface area contributed by atoms with Crippen LogP contribution in [-0.2, 0) is 0 Å². The van der Waals surface area contributed by atoms with Crippen molar-refractivity contribution in [3.05, 3.63) is 72.1 Å². The van der Waals surface area contributed by atoms with Crippen molar-refractivity contribution in [1.82, 2.24) is 9.55 Å². The zero-order valence-electron chi connectivity index (χ0n) is 15.2. The van der Waals surface area contributed by atoms with Gasteiger partial charge in [0.1, 0.15) is 5.82 Å². The van der Waals surface area contributed by atoms with Crippen LogP contribution in [0.25, 0.3) is 17.1 Å². The molecule has 4 rings (SSSR count). The van der Waals surface area contributed by atoms with Gasteiger partial charge >= 0.3 is 0 Å². The van der Waals surface area contributed by atoms with E-state index >= 15 is 0 Å². The van der Waals surface area contributed by atoms with Crippen LogP contribution in [0.15, 0.2) is 60.9 Å². The normalized spacial score (nSPS) is 15.2. The maximum Gasteiger partial charge on any atom is 0.144 e. The molecule has 1 aliphatic rings. The monoisotopic (exact) mass is 330 g/mol. The highest BCUT2D eigenvalue weighted by Gasteiger charge is 2.24. The molecule has 1 heterocycles. The predicted molar refractivity (Wildman–Crippen MR) is 104 cm³/mol. The van der Waals surface area contributed by atoms with Gasteiger partial charge in [-0.2, -0.15) is 0 Å². The van der Waals surface area contributed by atoms with Gasteiger partial charge in [0.25, 0.3) is 0 Å². The largest absolute Gasteiger partial charge is 0.299 e. The molecule has 1 saturated carbocycles. The third-order valence-electron chi connectivity index (χ3n) is 5.43. The lowest BCUT2D eigenvalue weighted by molar-refractivity contribution is 0.710. The molecule has 0 atom stereocenters. The lowest BCUT2D eigenvalue weighted by Crippen LogP contribution is -2.08. The second-order valence-electron chi connectivity index (χ2n) is 7.41. The highest BCUT2D eigenvalue weighted by atomic mass is 15.1. The van der Waals surface area contributed by atoms with Crippen LogP contribution in [0.5, 0.6) is 0 Å². The number of benzene rings is 2. The Morgan fingerprint density at radius 1 is 0.960 bits per heavy atom. The molecule has 2 nitrogen and oxygen atoms in total. The van der Waals surface area contributed by atoms with E-state index in [1.54, 1.807) is 0 Å². The molecule has 128 valence electrons. The van der Waals surface area contributed by atoms with Crippen LogP contribution < -0.4 is 0 Å². The fraction of sp³-hybridized carbons (Fsp3) is 0.348. The minimum absolute atomic E-state index is 0.488. The van der Waals surface area contributed by atoms with Crippen molar-refractivity contribution >= 4 is 0 Å². The molecule has 2 heteroatoms. The van der Waals surface area contributed by atoms with Crippen LogP contribution >= 0.6 is 0 Å². The topological polar surface area (TPSA) is 17.8 Å². The van der Waals surface area contributed by atoms with Crippen LogP contribution in [0.3, 0.4) is 0 Å². The first-order valence-corrected chi connectivity index (χ1v) is 9.47. The van der Waals surface area contributed by atoms with Gasteiger partial charge in [-0.1, -0.05) is 75.2 Å². The molecule has 0 saturated heterocycles. The van der Waals surface area contributed by atoms with Gasteiger partial charge in [-0.15, -0.1) is 0 Å². The minimum Gasteiger partial charge on any atom is -0.299 e. The summed E-state index contributed by atoms with van der Waals surface area (Å²) in [6, 6.07) is 17.4. The summed E-state index contributed by atoms with van der Waals surface area (Å²) in [7, 11) is 0. The van der Waals surface area contributed by atoms with Crippen molar-refractivity contribution in [3.63, 3.8) is 0 Å². The number of imidazole rings is 1. The standard InChI is InChI=1S/C23H26N2/c1-17(2)20-13-8-14-21(18-9-6-7-10-18)22(20)25-16-15-24-23(25)19-11-4-3-5-12-19/h3-5,8,11-18H,6-7,9-10H2,1-2H3. The number of nitrogens with zero attached hydrogens (tertiary/aromatic N) is 2. The van der Waals surface area contributed by atoms with Crippen molar-refractivity contribution in [2.75, 3.05) is 0 Å². The first kappa shape index (κ1) is 16.1. The van der Waals surface area contributed by atoms with Crippen LogP contribution in [0, 0.1) is 0 Å². The smallest absolute Gasteiger partial charge is 0.144 e. The lowest BCUT2D eigenvalue weighted by atomic mass is 9.90. The number of aromatic nitrogens is 2. The maximum absolute atomic E-state index is 4.69. The first-order chi connectivity index (χ1) is 12.3. The first-order valence-electron chi connectivity index (χ1n) is 9.47. The zero-order chi connectivity index (χ0) is 17.2. The van der Waals surface area contributed by atoms with Gasteiger partial charge in [0.15, 0.2) is 0 Å². The molecular weight excluding hydrogens is 304 g/mol. The van der Waals surface area contributed by atoms with E-state index in [1.807, 2.05) is 6.20 Å². The Morgan fingerprint density at radius 2 is 1.72 bits per heavy atom. The zero-order valence-corrected chi connectivity index (χ0v) is 15.2. The molecule has 0 N–H and O–H groups in total. The molecule has 1 aromatic heterocycles. The Labute approximate surface area is 150 Å². The maximum atomic E-state index is 4.69. The Kier molecular flexibility index (Phi) is 4.44. The molecular formula is C23H26N2. The van der Waals surface area contributed by atoms with Gasteiger partial charge in [-0.25, -0.2) is 4.98 Å². The van der Waals surface area contributed by atoms with Gasteiger partial charge in [0, 0.05) is 18.0 Å². The van der Waals surface area contributed by atoms with Gasteiger partial charge in [0.05, 0.1) is 5.69 Å². The van der Waals surface area contributed by atoms with E-state index in [2.05, 4.69) is 73.1 Å². The van der Waals surface area contributed by atoms with Crippen LogP contribution in [0.2, 0.25) is 0 Å². The number of rotatable bonds is 4. The van der Waals surface area contributed by atoms with Gasteiger partial charge in [0.2, 0.25) is 0 Å². The van der Waals surface area contributed by atoms with E-state index in [0.717, 1.165) is 5.82 Å². The number of hydrogen-bond donors (Lipinski definition) is 0. The van der Waals surface area contributed by atoms with Gasteiger partial charge < -0.3 is 0 Å². The summed E-state index contributed by atoms with van der Waals surface area (Å²) in [4.78, 5) is 4.69. The Balaban J connectivity index is 1.92. The van der Waals surface area contributed by atoms with Crippen LogP contribution in [-0.4, -0.2) is 9.55 Å². The van der Waals surface area contributed by atoms with E-state index in [-0.39, 0.29) is 0 Å². The molecule has 0 spiro atoms. The third kappa shape index (κ3) is 3.02. The van der Waals surface area contributed by atoms with Crippen molar-refractivity contribution in [2.24, 2.45) is 0 Å². The average Bonchev–Trinajstić information content (AvgIpc) is 3.33. The fourth-order valence-corrected chi connectivity index (χ4v) is 4.17. The van der Waals surface area contributed by atoms with Crippen LogP contribution in [0.4, 0.5) is 0 Å². The van der Waals surface area contributed by atoms with Crippen molar-refractivity contribution in [3.8, 4) is 17.1 Å². The molecule has 3 aromatic rings. The van der Waals surface area contributed by atoms with Crippen LogP contribution in [0.1, 0.15) is 62.5 Å². The minimum atomic E-state index is 0.488. The molecule has 1 aliphatic carbocycles. The van der Waals surface area contributed by atoms with Crippen molar-refractivity contribution < 1.29 is 0 Å². The van der Waals surface area contributed by atoms with E-state index in [9.17, 15) is 0 Å². The van der Waals surface area contributed by atoms with Gasteiger partial charge in [-0.3, -0.25) is 4.57 Å². The average molecular weight is 330 g/mol. The molecule has 0 radical (unpaired) electrons. The number of para-hydroxylation sites is 1. The summed E-state index contributed by atoms with van der Waals surface area (Å²) >= 11 is 0. The second-order valence-corrected chi connectivity index (χ2v) is 7.41. The molecule has 0 aliphatic heterocycles. The predicted octanol–water partition coefficient (Wildman–Crippen LogP) is 6.32. The Morgan fingerprint density at radius 3 is 2.44 bits per heavy atom. The lowest BCUT2D eigenvalue weighted by Gasteiger charge is -2.23. The highest BCUT2D eigenvalue weighted by molar-refractivity contribution is 5.62. The summed E-state index contributed by atoms with van der Waals surface area (Å²) in [5, 5.41) is 0. The Bertz CT molecular complexity index is 840. The van der Waals surface area contributed by atoms with Gasteiger partial charge in [-0.05, 0) is 35.8 Å². The van der Waals surface area contributed by atoms with Crippen molar-refractivity contribution in [1.29, 1.82) is 0 Å². The quantitative estimate of drug-likeness (QED) is 0.547. The van der Waals surface area contributed by atoms with Crippen molar-refractivity contribution in [2.45, 2.75) is 51.4 Å². The molecule has 2 aromatic carbocycles. The second kappa shape index (κ2) is 6.87. The Hall–Kier alpha value is -2.35. The number of hydrogen-bond acceptors (Lipinski definition) is 1. The molecule has 25 heavy (non-hydrogen) atoms. The summed E-state index contributed by atoms with van der Waals surface area (Å²) in [5.74, 6) is 2.20. The van der Waals surface area contributed by atoms with E-state index < -0.39 is 0 Å². The molecule has 1 fully saturated rings. The summed E-state index contributed by atoms with van der Waals surface area (Å²) in [6.07, 6.45) is 9.38. The molecule has 0 amide bonds. The molecule has 0 bridgehead atoms. The van der Waals surface area contributed by atoms with E-state index in [1.165, 1.54) is 48.1 Å². The highest BCUT2D eigenvalue weighted by Crippen LogP contribution is 2.40. The summed E-state index contributed by atoms with van der Waals surface area (Å²) in [5.41, 5.74) is 5.45. The van der Waals surface area contributed by atoms with E-state index in [4.69, 9.17) is 4.98 Å². The third-order valence-corrected chi connectivity index (χ3v) is 5.43. The fourth-order valence-electron chi connectivity index (χ4n) is 4.17. The molecule has 0 unspecified atom stereocenters. The SMILES string of the molecule is CC(C)c1cccc(C2CCCC2)c1-n1ccnc1-c1ccccc1. The van der Waals surface area contributed by atoms with E-state index in [0.29, 0.717) is 11.8 Å². The summed E-state index contributed by atoms with van der Waals surface area (Å²) < 4.78 is 2.32.